The molecule has 1 aromatic rings. The van der Waals surface area contributed by atoms with E-state index in [0.717, 1.165) is 15.4 Å². The van der Waals surface area contributed by atoms with E-state index >= 15 is 0 Å². The summed E-state index contributed by atoms with van der Waals surface area (Å²) >= 11 is 0. The third-order valence-electron chi connectivity index (χ3n) is 2.52. The van der Waals surface area contributed by atoms with E-state index in [1.54, 1.807) is 19.1 Å². The van der Waals surface area contributed by atoms with Crippen LogP contribution >= 0.6 is 0 Å². The molecule has 6 heteroatoms. The van der Waals surface area contributed by atoms with Gasteiger partial charge in [-0.25, -0.2) is 9.59 Å². The monoisotopic (exact) mass is 238 g/mol. The van der Waals surface area contributed by atoms with E-state index in [-0.39, 0.29) is 0 Å². The van der Waals surface area contributed by atoms with E-state index in [2.05, 4.69) is 0 Å². The maximum absolute atomic E-state index is 10.9. The van der Waals surface area contributed by atoms with Gasteiger partial charge in [-0.05, 0) is 24.6 Å². The Hall–Kier alpha value is -2.24. The molecule has 0 aliphatic carbocycles. The quantitative estimate of drug-likeness (QED) is 0.827. The van der Waals surface area contributed by atoms with Gasteiger partial charge in [-0.2, -0.15) is 0 Å². The number of rotatable bonds is 2. The highest BCUT2D eigenvalue weighted by Gasteiger charge is 2.15. The Labute approximate surface area is 98.7 Å². The maximum Gasteiger partial charge on any atom is 0.411 e. The van der Waals surface area contributed by atoms with Gasteiger partial charge in [0.1, 0.15) is 0 Å². The number of aryl methyl sites for hydroxylation is 1. The summed E-state index contributed by atoms with van der Waals surface area (Å²) in [5, 5.41) is 17.7. The Morgan fingerprint density at radius 1 is 1.06 bits per heavy atom. The van der Waals surface area contributed by atoms with Crippen molar-refractivity contribution in [2.75, 3.05) is 23.9 Å². The fraction of sp³-hybridized carbons (Fsp3) is 0.273. The average molecular weight is 238 g/mol. The molecule has 0 unspecified atom stereocenters. The van der Waals surface area contributed by atoms with Gasteiger partial charge in [0.05, 0.1) is 5.69 Å². The van der Waals surface area contributed by atoms with E-state index in [4.69, 9.17) is 10.2 Å². The van der Waals surface area contributed by atoms with Crippen LogP contribution in [0.15, 0.2) is 18.2 Å². The number of benzene rings is 1. The summed E-state index contributed by atoms with van der Waals surface area (Å²) in [4.78, 5) is 23.7. The molecule has 0 saturated heterocycles. The SMILES string of the molecule is Cc1ccc(N(C)C(=O)O)cc1N(C)C(=O)O. The predicted octanol–water partition coefficient (Wildman–Crippen LogP) is 2.22. The summed E-state index contributed by atoms with van der Waals surface area (Å²) < 4.78 is 0. The first-order valence-electron chi connectivity index (χ1n) is 4.88. The van der Waals surface area contributed by atoms with Gasteiger partial charge in [-0.1, -0.05) is 6.07 Å². The van der Waals surface area contributed by atoms with Gasteiger partial charge in [0.25, 0.3) is 0 Å². The van der Waals surface area contributed by atoms with Crippen LogP contribution in [-0.2, 0) is 0 Å². The Morgan fingerprint density at radius 3 is 2.06 bits per heavy atom. The van der Waals surface area contributed by atoms with Crippen molar-refractivity contribution < 1.29 is 19.8 Å². The number of hydrogen-bond donors (Lipinski definition) is 2. The van der Waals surface area contributed by atoms with E-state index < -0.39 is 12.2 Å². The highest BCUT2D eigenvalue weighted by atomic mass is 16.4. The Morgan fingerprint density at radius 2 is 1.59 bits per heavy atom. The Balaban J connectivity index is 3.19. The molecule has 0 aliphatic heterocycles. The zero-order valence-electron chi connectivity index (χ0n) is 9.84. The van der Waals surface area contributed by atoms with Gasteiger partial charge in [0.2, 0.25) is 0 Å². The molecule has 0 fully saturated rings. The van der Waals surface area contributed by atoms with Crippen LogP contribution in [0.4, 0.5) is 21.0 Å². The molecule has 0 radical (unpaired) electrons. The number of anilines is 2. The summed E-state index contributed by atoms with van der Waals surface area (Å²) in [6.45, 7) is 1.76. The Bertz CT molecular complexity index is 459. The molecule has 2 N–H and O–H groups in total. The zero-order chi connectivity index (χ0) is 13.2. The molecule has 17 heavy (non-hydrogen) atoms. The molecule has 1 rings (SSSR count). The van der Waals surface area contributed by atoms with Crippen molar-refractivity contribution in [2.45, 2.75) is 6.92 Å². The van der Waals surface area contributed by atoms with Crippen LogP contribution in [0.3, 0.4) is 0 Å². The number of nitrogens with zero attached hydrogens (tertiary/aromatic N) is 2. The largest absolute Gasteiger partial charge is 0.465 e. The number of carbonyl (C=O) groups is 2. The van der Waals surface area contributed by atoms with Gasteiger partial charge in [0, 0.05) is 19.8 Å². The average Bonchev–Trinajstić information content (AvgIpc) is 2.27. The maximum atomic E-state index is 10.9. The summed E-state index contributed by atoms with van der Waals surface area (Å²) in [7, 11) is 2.81. The van der Waals surface area contributed by atoms with Crippen LogP contribution in [-0.4, -0.2) is 36.5 Å². The lowest BCUT2D eigenvalue weighted by Gasteiger charge is -2.19. The van der Waals surface area contributed by atoms with Gasteiger partial charge in [-0.15, -0.1) is 0 Å². The molecule has 2 amide bonds. The van der Waals surface area contributed by atoms with Crippen LogP contribution in [0.2, 0.25) is 0 Å². The van der Waals surface area contributed by atoms with Crippen LogP contribution in [0.5, 0.6) is 0 Å². The third-order valence-corrected chi connectivity index (χ3v) is 2.52. The van der Waals surface area contributed by atoms with Gasteiger partial charge in [0.15, 0.2) is 0 Å². The number of carboxylic acid groups (broad SMARTS) is 2. The molecule has 0 aliphatic rings. The second-order valence-electron chi connectivity index (χ2n) is 3.65. The summed E-state index contributed by atoms with van der Waals surface area (Å²) in [5.41, 5.74) is 1.65. The molecule has 6 nitrogen and oxygen atoms in total. The van der Waals surface area contributed by atoms with Crippen molar-refractivity contribution in [3.63, 3.8) is 0 Å². The fourth-order valence-corrected chi connectivity index (χ4v) is 1.38. The first-order chi connectivity index (χ1) is 7.84. The van der Waals surface area contributed by atoms with Crippen molar-refractivity contribution in [1.29, 1.82) is 0 Å². The topological polar surface area (TPSA) is 81.1 Å². The molecule has 1 aromatic carbocycles. The lowest BCUT2D eigenvalue weighted by Crippen LogP contribution is -2.26. The molecule has 0 saturated carbocycles. The minimum Gasteiger partial charge on any atom is -0.465 e. The highest BCUT2D eigenvalue weighted by Crippen LogP contribution is 2.25. The molecule has 0 heterocycles. The minimum atomic E-state index is -1.10. The third kappa shape index (κ3) is 2.66. The lowest BCUT2D eigenvalue weighted by molar-refractivity contribution is 0.202. The van der Waals surface area contributed by atoms with Gasteiger partial charge < -0.3 is 10.2 Å². The first-order valence-corrected chi connectivity index (χ1v) is 4.88. The van der Waals surface area contributed by atoms with Crippen molar-refractivity contribution in [2.24, 2.45) is 0 Å². The number of amides is 2. The zero-order valence-corrected chi connectivity index (χ0v) is 9.84. The van der Waals surface area contributed by atoms with Crippen LogP contribution in [0.1, 0.15) is 5.56 Å². The smallest absolute Gasteiger partial charge is 0.411 e. The van der Waals surface area contributed by atoms with Crippen LogP contribution < -0.4 is 9.80 Å². The van der Waals surface area contributed by atoms with Crippen LogP contribution in [0.25, 0.3) is 0 Å². The predicted molar refractivity (Wildman–Crippen MR) is 64.0 cm³/mol. The highest BCUT2D eigenvalue weighted by molar-refractivity contribution is 5.90. The molecule has 0 atom stereocenters. The van der Waals surface area contributed by atoms with E-state index in [0.29, 0.717) is 11.4 Å². The number of hydrogen-bond acceptors (Lipinski definition) is 2. The second kappa shape index (κ2) is 4.73. The van der Waals surface area contributed by atoms with Crippen molar-refractivity contribution >= 4 is 23.6 Å². The summed E-state index contributed by atoms with van der Waals surface area (Å²) in [6, 6.07) is 4.84. The Kier molecular flexibility index (Phi) is 3.57. The van der Waals surface area contributed by atoms with Crippen LogP contribution in [0, 0.1) is 6.92 Å². The lowest BCUT2D eigenvalue weighted by atomic mass is 10.1. The summed E-state index contributed by atoms with van der Waals surface area (Å²) in [6.07, 6.45) is -2.19. The van der Waals surface area contributed by atoms with E-state index in [1.807, 2.05) is 0 Å². The van der Waals surface area contributed by atoms with Gasteiger partial charge >= 0.3 is 12.2 Å². The molecule has 0 bridgehead atoms. The summed E-state index contributed by atoms with van der Waals surface area (Å²) in [5.74, 6) is 0. The minimum absolute atomic E-state index is 0.422. The molecular weight excluding hydrogens is 224 g/mol. The molecular formula is C11H14N2O4. The van der Waals surface area contributed by atoms with Crippen molar-refractivity contribution in [3.8, 4) is 0 Å². The van der Waals surface area contributed by atoms with E-state index in [9.17, 15) is 9.59 Å². The molecule has 92 valence electrons. The molecule has 0 aromatic heterocycles. The standard InChI is InChI=1S/C11H14N2O4/c1-7-4-5-8(12(2)10(14)15)6-9(7)13(3)11(16)17/h4-6H,1-3H3,(H,14,15)(H,16,17). The van der Waals surface area contributed by atoms with Crippen molar-refractivity contribution in [1.82, 2.24) is 0 Å². The normalized spacial score (nSPS) is 9.82. The van der Waals surface area contributed by atoms with Crippen molar-refractivity contribution in [3.05, 3.63) is 23.8 Å². The van der Waals surface area contributed by atoms with E-state index in [1.165, 1.54) is 20.2 Å². The second-order valence-corrected chi connectivity index (χ2v) is 3.65. The first kappa shape index (κ1) is 12.8. The fourth-order valence-electron chi connectivity index (χ4n) is 1.38. The molecule has 0 spiro atoms. The van der Waals surface area contributed by atoms with Gasteiger partial charge in [-0.3, -0.25) is 9.80 Å².